The fraction of sp³-hybridized carbons (Fsp3) is 0.250. The lowest BCUT2D eigenvalue weighted by Crippen LogP contribution is -1.96. The molecule has 4 rings (SSSR count). The molecule has 0 amide bonds. The third-order valence-electron chi connectivity index (χ3n) is 5.66. The molecule has 0 aliphatic rings. The van der Waals surface area contributed by atoms with E-state index in [1.807, 2.05) is 31.2 Å². The van der Waals surface area contributed by atoms with Crippen molar-refractivity contribution in [3.8, 4) is 0 Å². The maximum atomic E-state index is 5.43. The molecule has 0 saturated carbocycles. The second-order valence-electron chi connectivity index (χ2n) is 9.39. The number of nitrogen functional groups attached to an aromatic ring is 1. The van der Waals surface area contributed by atoms with Gasteiger partial charge in [0.05, 0.1) is 0 Å². The predicted octanol–water partition coefficient (Wildman–Crippen LogP) is 9.62. The topological polar surface area (TPSA) is 38.0 Å². The molecule has 4 aromatic carbocycles. The van der Waals surface area contributed by atoms with Gasteiger partial charge in [0, 0.05) is 21.5 Å². The smallest absolute Gasteiger partial charge is 0.0443 e. The van der Waals surface area contributed by atoms with E-state index in [1.54, 1.807) is 0 Å². The molecule has 184 valence electrons. The van der Waals surface area contributed by atoms with Gasteiger partial charge in [-0.3, -0.25) is 0 Å². The highest BCUT2D eigenvalue weighted by Crippen LogP contribution is 2.26. The minimum absolute atomic E-state index is 0.829. The first-order valence-electron chi connectivity index (χ1n) is 11.9. The molecule has 0 aliphatic carbocycles. The Morgan fingerprint density at radius 2 is 0.886 bits per heavy atom. The Hall–Kier alpha value is -3.04. The summed E-state index contributed by atoms with van der Waals surface area (Å²) in [5.74, 6) is 0. The van der Waals surface area contributed by atoms with Gasteiger partial charge >= 0.3 is 0 Å². The Morgan fingerprint density at radius 1 is 0.514 bits per heavy atom. The SMILES string of the molecule is Cc1cc(C)c(Br)c(C)c1.Cc1ccc(N)cc1.Cc1ccc(Nc2c(C)cc(C)cc2C)cc1. The lowest BCUT2D eigenvalue weighted by molar-refractivity contribution is 1.29. The van der Waals surface area contributed by atoms with Gasteiger partial charge in [-0.15, -0.1) is 0 Å². The van der Waals surface area contributed by atoms with Crippen LogP contribution in [0.25, 0.3) is 0 Å². The van der Waals surface area contributed by atoms with Gasteiger partial charge in [0.25, 0.3) is 0 Å². The van der Waals surface area contributed by atoms with Crippen LogP contribution in [0.4, 0.5) is 17.1 Å². The van der Waals surface area contributed by atoms with Crippen LogP contribution in [0, 0.1) is 55.4 Å². The molecule has 0 unspecified atom stereocenters. The van der Waals surface area contributed by atoms with Crippen LogP contribution in [0.1, 0.15) is 44.5 Å². The van der Waals surface area contributed by atoms with E-state index in [4.69, 9.17) is 5.73 Å². The summed E-state index contributed by atoms with van der Waals surface area (Å²) in [7, 11) is 0. The first kappa shape index (κ1) is 28.2. The second kappa shape index (κ2) is 13.2. The van der Waals surface area contributed by atoms with Crippen LogP contribution in [-0.2, 0) is 0 Å². The van der Waals surface area contributed by atoms with E-state index in [1.165, 1.54) is 54.7 Å². The summed E-state index contributed by atoms with van der Waals surface area (Å²) in [5.41, 5.74) is 19.0. The molecule has 0 aromatic heterocycles. The van der Waals surface area contributed by atoms with Crippen LogP contribution < -0.4 is 11.1 Å². The maximum absolute atomic E-state index is 5.43. The fourth-order valence-electron chi connectivity index (χ4n) is 3.89. The monoisotopic (exact) mass is 530 g/mol. The highest BCUT2D eigenvalue weighted by molar-refractivity contribution is 9.10. The van der Waals surface area contributed by atoms with Gasteiger partial charge in [-0.25, -0.2) is 0 Å². The molecular weight excluding hydrogens is 492 g/mol. The van der Waals surface area contributed by atoms with Gasteiger partial charge in [-0.2, -0.15) is 0 Å². The van der Waals surface area contributed by atoms with E-state index in [9.17, 15) is 0 Å². The number of benzene rings is 4. The minimum Gasteiger partial charge on any atom is -0.399 e. The van der Waals surface area contributed by atoms with Crippen molar-refractivity contribution in [2.45, 2.75) is 55.4 Å². The van der Waals surface area contributed by atoms with E-state index in [2.05, 4.69) is 118 Å². The summed E-state index contributed by atoms with van der Waals surface area (Å²) < 4.78 is 1.23. The average molecular weight is 532 g/mol. The zero-order valence-corrected chi connectivity index (χ0v) is 24.0. The molecule has 0 fully saturated rings. The summed E-state index contributed by atoms with van der Waals surface area (Å²) in [5, 5.41) is 3.49. The van der Waals surface area contributed by atoms with Crippen molar-refractivity contribution in [3.63, 3.8) is 0 Å². The van der Waals surface area contributed by atoms with Crippen LogP contribution in [0.2, 0.25) is 0 Å². The molecule has 0 aliphatic heterocycles. The minimum atomic E-state index is 0.829. The molecule has 3 N–H and O–H groups in total. The fourth-order valence-corrected chi connectivity index (χ4v) is 4.12. The normalized spacial score (nSPS) is 9.97. The molecule has 4 aromatic rings. The second-order valence-corrected chi connectivity index (χ2v) is 10.2. The molecule has 35 heavy (non-hydrogen) atoms. The average Bonchev–Trinajstić information content (AvgIpc) is 2.78. The lowest BCUT2D eigenvalue weighted by Gasteiger charge is -2.14. The van der Waals surface area contributed by atoms with Crippen LogP contribution in [0.3, 0.4) is 0 Å². The van der Waals surface area contributed by atoms with E-state index in [-0.39, 0.29) is 0 Å². The largest absolute Gasteiger partial charge is 0.399 e. The highest BCUT2D eigenvalue weighted by Gasteiger charge is 2.04. The van der Waals surface area contributed by atoms with E-state index >= 15 is 0 Å². The quantitative estimate of drug-likeness (QED) is 0.253. The number of nitrogens with two attached hydrogens (primary N) is 1. The molecular formula is C32H39BrN2. The predicted molar refractivity (Wildman–Crippen MR) is 159 cm³/mol. The van der Waals surface area contributed by atoms with Gasteiger partial charge in [0.1, 0.15) is 0 Å². The van der Waals surface area contributed by atoms with Crippen molar-refractivity contribution in [2.24, 2.45) is 0 Å². The van der Waals surface area contributed by atoms with E-state index < -0.39 is 0 Å². The van der Waals surface area contributed by atoms with Gasteiger partial charge in [-0.1, -0.05) is 86.7 Å². The lowest BCUT2D eigenvalue weighted by atomic mass is 10.0. The summed E-state index contributed by atoms with van der Waals surface area (Å²) in [4.78, 5) is 0. The number of aryl methyl sites for hydroxylation is 8. The Bertz CT molecular complexity index is 1170. The van der Waals surface area contributed by atoms with Crippen molar-refractivity contribution >= 4 is 33.0 Å². The van der Waals surface area contributed by atoms with Crippen molar-refractivity contribution < 1.29 is 0 Å². The van der Waals surface area contributed by atoms with Gasteiger partial charge in [0.2, 0.25) is 0 Å². The summed E-state index contributed by atoms with van der Waals surface area (Å²) in [6, 6.07) is 25.1. The molecule has 0 saturated heterocycles. The van der Waals surface area contributed by atoms with Crippen molar-refractivity contribution in [1.29, 1.82) is 0 Å². The molecule has 0 radical (unpaired) electrons. The zero-order chi connectivity index (χ0) is 26.1. The third-order valence-corrected chi connectivity index (χ3v) is 6.91. The van der Waals surface area contributed by atoms with E-state index in [0.29, 0.717) is 0 Å². The molecule has 0 heterocycles. The van der Waals surface area contributed by atoms with Crippen molar-refractivity contribution in [3.05, 3.63) is 122 Å². The number of halogens is 1. The molecule has 0 bridgehead atoms. The molecule has 2 nitrogen and oxygen atoms in total. The maximum Gasteiger partial charge on any atom is 0.0443 e. The Morgan fingerprint density at radius 3 is 1.29 bits per heavy atom. The Labute approximate surface area is 220 Å². The van der Waals surface area contributed by atoms with E-state index in [0.717, 1.165) is 11.4 Å². The number of hydrogen-bond donors (Lipinski definition) is 2. The Kier molecular flexibility index (Phi) is 10.6. The zero-order valence-electron chi connectivity index (χ0n) is 22.4. The first-order valence-corrected chi connectivity index (χ1v) is 12.7. The van der Waals surface area contributed by atoms with Crippen molar-refractivity contribution in [2.75, 3.05) is 11.1 Å². The molecule has 0 spiro atoms. The van der Waals surface area contributed by atoms with Crippen LogP contribution in [0.5, 0.6) is 0 Å². The third kappa shape index (κ3) is 9.26. The molecule has 3 heteroatoms. The number of hydrogen-bond acceptors (Lipinski definition) is 2. The van der Waals surface area contributed by atoms with Gasteiger partial charge in [-0.05, 0) is 102 Å². The summed E-state index contributed by atoms with van der Waals surface area (Å²) >= 11 is 3.51. The highest BCUT2D eigenvalue weighted by atomic mass is 79.9. The first-order chi connectivity index (χ1) is 16.5. The van der Waals surface area contributed by atoms with Crippen LogP contribution in [-0.4, -0.2) is 0 Å². The van der Waals surface area contributed by atoms with Gasteiger partial charge in [0.15, 0.2) is 0 Å². The van der Waals surface area contributed by atoms with Crippen LogP contribution >= 0.6 is 15.9 Å². The number of rotatable bonds is 2. The Balaban J connectivity index is 0.000000204. The molecule has 0 atom stereocenters. The van der Waals surface area contributed by atoms with Gasteiger partial charge < -0.3 is 11.1 Å². The summed E-state index contributed by atoms with van der Waals surface area (Å²) in [6.45, 7) is 16.9. The van der Waals surface area contributed by atoms with Crippen LogP contribution in [0.15, 0.2) is 77.3 Å². The standard InChI is InChI=1S/C16H19N.C9H11Br.C7H9N/c1-11-5-7-15(8-6-11)17-16-13(3)9-12(2)10-14(16)4;1-6-4-7(2)9(10)8(3)5-6;1-6-2-4-7(8)5-3-6/h5-10,17H,1-4H3;4-5H,1-3H3;2-5H,8H2,1H3. The summed E-state index contributed by atoms with van der Waals surface area (Å²) in [6.07, 6.45) is 0. The van der Waals surface area contributed by atoms with Crippen molar-refractivity contribution in [1.82, 2.24) is 0 Å². The number of nitrogens with one attached hydrogen (secondary N) is 1. The number of anilines is 3.